The van der Waals surface area contributed by atoms with Gasteiger partial charge in [-0.2, -0.15) is 0 Å². The van der Waals surface area contributed by atoms with Gasteiger partial charge in [0.05, 0.1) is 20.6 Å². The number of rotatable bonds is 12. The number of anilines is 1. The maximum atomic E-state index is 14.4. The van der Waals surface area contributed by atoms with Crippen molar-refractivity contribution in [3.05, 3.63) is 128 Å². The first-order valence-electron chi connectivity index (χ1n) is 14.0. The Morgan fingerprint density at radius 3 is 2.04 bits per heavy atom. The van der Waals surface area contributed by atoms with Crippen LogP contribution >= 0.6 is 46.4 Å². The molecule has 0 aromatic heterocycles. The Morgan fingerprint density at radius 1 is 0.800 bits per heavy atom. The second-order valence-electron chi connectivity index (χ2n) is 10.3. The Hall–Kier alpha value is -3.27. The van der Waals surface area contributed by atoms with E-state index in [1.807, 2.05) is 37.3 Å². The summed E-state index contributed by atoms with van der Waals surface area (Å²) in [5.41, 5.74) is 2.36. The SMILES string of the molecule is CCNC(=O)[C@@H](Cc1ccccc1)N(Cc1ccc(Cl)c(Cl)c1)C(=O)CN(c1cc(Cl)cc(Cl)c1)S(=O)(=O)c1ccc(C)cc1. The monoisotopic (exact) mass is 705 g/mol. The molecule has 0 aliphatic heterocycles. The Balaban J connectivity index is 1.83. The van der Waals surface area contributed by atoms with Gasteiger partial charge in [-0.1, -0.05) is 100 Å². The fourth-order valence-corrected chi connectivity index (χ4v) is 6.96. The summed E-state index contributed by atoms with van der Waals surface area (Å²) in [4.78, 5) is 29.4. The topological polar surface area (TPSA) is 86.8 Å². The summed E-state index contributed by atoms with van der Waals surface area (Å²) >= 11 is 25.0. The highest BCUT2D eigenvalue weighted by Crippen LogP contribution is 2.31. The molecule has 7 nitrogen and oxygen atoms in total. The summed E-state index contributed by atoms with van der Waals surface area (Å²) in [6, 6.07) is 23.7. The Morgan fingerprint density at radius 2 is 1.44 bits per heavy atom. The van der Waals surface area contributed by atoms with Crippen LogP contribution in [0.25, 0.3) is 0 Å². The van der Waals surface area contributed by atoms with Crippen LogP contribution in [0.2, 0.25) is 20.1 Å². The molecule has 0 unspecified atom stereocenters. The molecule has 12 heteroatoms. The van der Waals surface area contributed by atoms with Crippen LogP contribution in [-0.2, 0) is 32.6 Å². The Labute approximate surface area is 283 Å². The van der Waals surface area contributed by atoms with Crippen LogP contribution < -0.4 is 9.62 Å². The zero-order valence-corrected chi connectivity index (χ0v) is 28.4. The van der Waals surface area contributed by atoms with Crippen molar-refractivity contribution in [1.82, 2.24) is 10.2 Å². The molecule has 236 valence electrons. The maximum Gasteiger partial charge on any atom is 0.264 e. The lowest BCUT2D eigenvalue weighted by Gasteiger charge is -2.34. The van der Waals surface area contributed by atoms with Gasteiger partial charge in [-0.3, -0.25) is 13.9 Å². The van der Waals surface area contributed by atoms with E-state index in [1.54, 1.807) is 37.3 Å². The van der Waals surface area contributed by atoms with Crippen molar-refractivity contribution in [2.75, 3.05) is 17.4 Å². The second-order valence-corrected chi connectivity index (χ2v) is 13.9. The molecule has 0 fully saturated rings. The van der Waals surface area contributed by atoms with Crippen LogP contribution in [0.3, 0.4) is 0 Å². The molecule has 1 atom stereocenters. The van der Waals surface area contributed by atoms with E-state index in [0.717, 1.165) is 15.4 Å². The fraction of sp³-hybridized carbons (Fsp3) is 0.212. The van der Waals surface area contributed by atoms with Crippen LogP contribution in [0.15, 0.2) is 95.9 Å². The molecule has 45 heavy (non-hydrogen) atoms. The average Bonchev–Trinajstić information content (AvgIpc) is 2.99. The van der Waals surface area contributed by atoms with Gasteiger partial charge in [0.2, 0.25) is 11.8 Å². The summed E-state index contributed by atoms with van der Waals surface area (Å²) in [5, 5.41) is 3.80. The number of hydrogen-bond acceptors (Lipinski definition) is 4. The molecule has 4 rings (SSSR count). The van der Waals surface area contributed by atoms with Crippen LogP contribution in [0.4, 0.5) is 5.69 Å². The minimum Gasteiger partial charge on any atom is -0.355 e. The maximum absolute atomic E-state index is 14.4. The number of benzene rings is 4. The van der Waals surface area contributed by atoms with Crippen molar-refractivity contribution in [3.8, 4) is 0 Å². The lowest BCUT2D eigenvalue weighted by atomic mass is 10.0. The highest BCUT2D eigenvalue weighted by atomic mass is 35.5. The van der Waals surface area contributed by atoms with Crippen molar-refractivity contribution in [3.63, 3.8) is 0 Å². The normalized spacial score (nSPS) is 12.0. The van der Waals surface area contributed by atoms with Gasteiger partial charge in [0.15, 0.2) is 0 Å². The first-order chi connectivity index (χ1) is 21.4. The molecule has 0 bridgehead atoms. The number of amides is 2. The number of hydrogen-bond donors (Lipinski definition) is 1. The van der Waals surface area contributed by atoms with Crippen molar-refractivity contribution in [2.45, 2.75) is 37.8 Å². The molecular formula is C33H31Cl4N3O4S. The van der Waals surface area contributed by atoms with Crippen molar-refractivity contribution in [2.24, 2.45) is 0 Å². The fourth-order valence-electron chi connectivity index (χ4n) is 4.73. The molecule has 0 radical (unpaired) electrons. The molecule has 1 N–H and O–H groups in total. The molecule has 0 aliphatic carbocycles. The quantitative estimate of drug-likeness (QED) is 0.165. The molecule has 0 aliphatic rings. The highest BCUT2D eigenvalue weighted by molar-refractivity contribution is 7.92. The molecule has 0 spiro atoms. The Bertz CT molecular complexity index is 1750. The van der Waals surface area contributed by atoms with E-state index in [4.69, 9.17) is 46.4 Å². The van der Waals surface area contributed by atoms with Gasteiger partial charge in [0.25, 0.3) is 10.0 Å². The van der Waals surface area contributed by atoms with E-state index < -0.39 is 34.4 Å². The summed E-state index contributed by atoms with van der Waals surface area (Å²) < 4.78 is 29.2. The van der Waals surface area contributed by atoms with Crippen molar-refractivity contribution < 1.29 is 18.0 Å². The number of nitrogens with one attached hydrogen (secondary N) is 1. The van der Waals surface area contributed by atoms with Gasteiger partial charge in [0.1, 0.15) is 12.6 Å². The summed E-state index contributed by atoms with van der Waals surface area (Å²) in [6.45, 7) is 3.23. The van der Waals surface area contributed by atoms with Gasteiger partial charge in [-0.25, -0.2) is 8.42 Å². The van der Waals surface area contributed by atoms with Gasteiger partial charge < -0.3 is 10.2 Å². The van der Waals surface area contributed by atoms with Gasteiger partial charge in [-0.05, 0) is 67.4 Å². The van der Waals surface area contributed by atoms with Crippen molar-refractivity contribution in [1.29, 1.82) is 0 Å². The first kappa shape index (κ1) is 34.6. The zero-order chi connectivity index (χ0) is 32.7. The third-order valence-electron chi connectivity index (χ3n) is 6.98. The number of carbonyl (C=O) groups is 2. The van der Waals surface area contributed by atoms with Crippen LogP contribution in [0, 0.1) is 6.92 Å². The number of likely N-dealkylation sites (N-methyl/N-ethyl adjacent to an activating group) is 1. The highest BCUT2D eigenvalue weighted by Gasteiger charge is 2.34. The number of aryl methyl sites for hydroxylation is 1. The predicted molar refractivity (Wildman–Crippen MR) is 182 cm³/mol. The number of carbonyl (C=O) groups excluding carboxylic acids is 2. The third kappa shape index (κ3) is 8.93. The summed E-state index contributed by atoms with van der Waals surface area (Å²) in [6.07, 6.45) is 0.174. The minimum absolute atomic E-state index is 0.0300. The van der Waals surface area contributed by atoms with Crippen LogP contribution in [0.5, 0.6) is 0 Å². The molecule has 0 saturated carbocycles. The molecule has 0 heterocycles. The van der Waals surface area contributed by atoms with E-state index >= 15 is 0 Å². The van der Waals surface area contributed by atoms with Crippen molar-refractivity contribution >= 4 is 73.9 Å². The van der Waals surface area contributed by atoms with Gasteiger partial charge in [0, 0.05) is 29.6 Å². The third-order valence-corrected chi connectivity index (χ3v) is 9.95. The molecule has 0 saturated heterocycles. The number of halogens is 4. The molecule has 2 amide bonds. The summed E-state index contributed by atoms with van der Waals surface area (Å²) in [7, 11) is -4.30. The molecule has 4 aromatic rings. The average molecular weight is 708 g/mol. The van der Waals surface area contributed by atoms with Crippen LogP contribution in [0.1, 0.15) is 23.6 Å². The molecule has 4 aromatic carbocycles. The van der Waals surface area contributed by atoms with Gasteiger partial charge >= 0.3 is 0 Å². The van der Waals surface area contributed by atoms with E-state index in [1.165, 1.54) is 35.2 Å². The van der Waals surface area contributed by atoms with E-state index in [9.17, 15) is 18.0 Å². The van der Waals surface area contributed by atoms with E-state index in [0.29, 0.717) is 17.1 Å². The van der Waals surface area contributed by atoms with E-state index in [-0.39, 0.29) is 38.6 Å². The van der Waals surface area contributed by atoms with E-state index in [2.05, 4.69) is 5.32 Å². The second kappa shape index (κ2) is 15.3. The minimum atomic E-state index is -4.30. The van der Waals surface area contributed by atoms with Crippen LogP contribution in [-0.4, -0.2) is 44.3 Å². The van der Waals surface area contributed by atoms with Gasteiger partial charge in [-0.15, -0.1) is 0 Å². The largest absolute Gasteiger partial charge is 0.355 e. The Kier molecular flexibility index (Phi) is 11.8. The summed E-state index contributed by atoms with van der Waals surface area (Å²) in [5.74, 6) is -1.03. The zero-order valence-electron chi connectivity index (χ0n) is 24.5. The lowest BCUT2D eigenvalue weighted by Crippen LogP contribution is -2.53. The predicted octanol–water partition coefficient (Wildman–Crippen LogP) is 7.58. The first-order valence-corrected chi connectivity index (χ1v) is 16.9. The lowest BCUT2D eigenvalue weighted by molar-refractivity contribution is -0.140. The number of sulfonamides is 1. The molecular weight excluding hydrogens is 676 g/mol. The standard InChI is InChI=1S/C33H31Cl4N3O4S/c1-3-38-33(42)31(16-23-7-5-4-6-8-23)39(20-24-11-14-29(36)30(37)15-24)32(41)21-40(27-18-25(34)17-26(35)19-27)45(43,44)28-12-9-22(2)10-13-28/h4-15,17-19,31H,3,16,20-21H2,1-2H3,(H,38,42)/t31-/m1/s1. The smallest absolute Gasteiger partial charge is 0.264 e. The number of nitrogens with zero attached hydrogens (tertiary/aromatic N) is 2.